The zero-order chi connectivity index (χ0) is 13.5. The van der Waals surface area contributed by atoms with Crippen molar-refractivity contribution in [2.45, 2.75) is 64.0 Å². The molecule has 2 aliphatic carbocycles. The van der Waals surface area contributed by atoms with Gasteiger partial charge < -0.3 is 10.6 Å². The van der Waals surface area contributed by atoms with Crippen LogP contribution in [-0.2, 0) is 0 Å². The lowest BCUT2D eigenvalue weighted by atomic mass is 9.96. The molecule has 2 aliphatic rings. The molecule has 0 radical (unpaired) electrons. The largest absolute Gasteiger partial charge is 0.355 e. The standard InChI is InChI=1S/C15H30N4/c1-3-19(14-9-10-14)12-11-17-15(16-2)18-13-7-5-4-6-8-13/h13-14H,3-12H2,1-2H3,(H2,16,17,18). The lowest BCUT2D eigenvalue weighted by Crippen LogP contribution is -2.46. The molecule has 2 rings (SSSR count). The predicted octanol–water partition coefficient (Wildman–Crippen LogP) is 1.97. The van der Waals surface area contributed by atoms with E-state index in [-0.39, 0.29) is 0 Å². The van der Waals surface area contributed by atoms with Gasteiger partial charge in [-0.25, -0.2) is 0 Å². The number of hydrogen-bond acceptors (Lipinski definition) is 2. The second kappa shape index (κ2) is 7.73. The summed E-state index contributed by atoms with van der Waals surface area (Å²) in [7, 11) is 1.87. The van der Waals surface area contributed by atoms with Gasteiger partial charge >= 0.3 is 0 Å². The van der Waals surface area contributed by atoms with E-state index in [2.05, 4.69) is 27.4 Å². The van der Waals surface area contributed by atoms with Crippen molar-refractivity contribution >= 4 is 5.96 Å². The molecule has 19 heavy (non-hydrogen) atoms. The number of nitrogens with one attached hydrogen (secondary N) is 2. The van der Waals surface area contributed by atoms with Gasteiger partial charge in [-0.2, -0.15) is 0 Å². The lowest BCUT2D eigenvalue weighted by molar-refractivity contribution is 0.281. The van der Waals surface area contributed by atoms with Crippen molar-refractivity contribution in [3.8, 4) is 0 Å². The molecule has 4 heteroatoms. The van der Waals surface area contributed by atoms with E-state index in [1.54, 1.807) is 0 Å². The maximum Gasteiger partial charge on any atom is 0.191 e. The summed E-state index contributed by atoms with van der Waals surface area (Å²) in [6.45, 7) is 5.55. The molecular formula is C15H30N4. The second-order valence-electron chi connectivity index (χ2n) is 5.84. The smallest absolute Gasteiger partial charge is 0.191 e. The summed E-state index contributed by atoms with van der Waals surface area (Å²) in [6.07, 6.45) is 9.50. The molecular weight excluding hydrogens is 236 g/mol. The molecule has 0 aromatic rings. The van der Waals surface area contributed by atoms with Crippen molar-refractivity contribution in [1.82, 2.24) is 15.5 Å². The first kappa shape index (κ1) is 14.6. The quantitative estimate of drug-likeness (QED) is 0.570. The number of likely N-dealkylation sites (N-methyl/N-ethyl adjacent to an activating group) is 1. The van der Waals surface area contributed by atoms with Crippen LogP contribution in [-0.4, -0.2) is 49.6 Å². The van der Waals surface area contributed by atoms with E-state index < -0.39 is 0 Å². The molecule has 2 fully saturated rings. The highest BCUT2D eigenvalue weighted by Gasteiger charge is 2.27. The molecule has 0 unspecified atom stereocenters. The highest BCUT2D eigenvalue weighted by molar-refractivity contribution is 5.79. The van der Waals surface area contributed by atoms with E-state index in [9.17, 15) is 0 Å². The molecule has 0 spiro atoms. The van der Waals surface area contributed by atoms with Crippen LogP contribution in [0.5, 0.6) is 0 Å². The van der Waals surface area contributed by atoms with Gasteiger partial charge in [-0.3, -0.25) is 9.89 Å². The third-order valence-electron chi connectivity index (χ3n) is 4.33. The topological polar surface area (TPSA) is 39.7 Å². The molecule has 0 saturated heterocycles. The highest BCUT2D eigenvalue weighted by atomic mass is 15.2. The zero-order valence-corrected chi connectivity index (χ0v) is 12.6. The van der Waals surface area contributed by atoms with Crippen LogP contribution in [0.4, 0.5) is 0 Å². The van der Waals surface area contributed by atoms with Gasteiger partial charge in [-0.15, -0.1) is 0 Å². The summed E-state index contributed by atoms with van der Waals surface area (Å²) in [5.41, 5.74) is 0. The Balaban J connectivity index is 1.64. The van der Waals surface area contributed by atoms with E-state index in [0.717, 1.165) is 25.1 Å². The van der Waals surface area contributed by atoms with Gasteiger partial charge in [-0.05, 0) is 32.2 Å². The van der Waals surface area contributed by atoms with Crippen molar-refractivity contribution in [3.63, 3.8) is 0 Å². The molecule has 110 valence electrons. The van der Waals surface area contributed by atoms with Gasteiger partial charge in [0, 0.05) is 32.2 Å². The fourth-order valence-corrected chi connectivity index (χ4v) is 2.99. The Hall–Kier alpha value is -0.770. The Morgan fingerprint density at radius 2 is 1.89 bits per heavy atom. The minimum absolute atomic E-state index is 0.630. The van der Waals surface area contributed by atoms with Crippen molar-refractivity contribution in [2.24, 2.45) is 4.99 Å². The molecule has 0 aromatic carbocycles. The van der Waals surface area contributed by atoms with Gasteiger partial charge in [0.05, 0.1) is 0 Å². The maximum atomic E-state index is 4.34. The Bertz CT molecular complexity index is 280. The van der Waals surface area contributed by atoms with Gasteiger partial charge in [0.2, 0.25) is 0 Å². The van der Waals surface area contributed by atoms with Crippen LogP contribution < -0.4 is 10.6 Å². The van der Waals surface area contributed by atoms with Gasteiger partial charge in [0.15, 0.2) is 5.96 Å². The molecule has 0 bridgehead atoms. The number of nitrogens with zero attached hydrogens (tertiary/aromatic N) is 2. The lowest BCUT2D eigenvalue weighted by Gasteiger charge is -2.26. The van der Waals surface area contributed by atoms with Crippen LogP contribution in [0.15, 0.2) is 4.99 Å². The minimum atomic E-state index is 0.630. The van der Waals surface area contributed by atoms with Crippen LogP contribution in [0, 0.1) is 0 Å². The van der Waals surface area contributed by atoms with Gasteiger partial charge in [0.25, 0.3) is 0 Å². The summed E-state index contributed by atoms with van der Waals surface area (Å²) in [6, 6.07) is 1.49. The molecule has 0 heterocycles. The molecule has 2 saturated carbocycles. The van der Waals surface area contributed by atoms with Crippen LogP contribution >= 0.6 is 0 Å². The number of hydrogen-bond donors (Lipinski definition) is 2. The van der Waals surface area contributed by atoms with E-state index in [4.69, 9.17) is 0 Å². The fraction of sp³-hybridized carbons (Fsp3) is 0.933. The molecule has 0 aromatic heterocycles. The van der Waals surface area contributed by atoms with Crippen LogP contribution in [0.25, 0.3) is 0 Å². The first-order valence-electron chi connectivity index (χ1n) is 8.04. The van der Waals surface area contributed by atoms with Crippen LogP contribution in [0.3, 0.4) is 0 Å². The summed E-state index contributed by atoms with van der Waals surface area (Å²) >= 11 is 0. The minimum Gasteiger partial charge on any atom is -0.355 e. The molecule has 0 aliphatic heterocycles. The predicted molar refractivity (Wildman–Crippen MR) is 81.6 cm³/mol. The third kappa shape index (κ3) is 5.01. The normalized spacial score (nSPS) is 21.7. The zero-order valence-electron chi connectivity index (χ0n) is 12.6. The molecule has 4 nitrogen and oxygen atoms in total. The van der Waals surface area contributed by atoms with Crippen molar-refractivity contribution in [2.75, 3.05) is 26.7 Å². The maximum absolute atomic E-state index is 4.34. The SMILES string of the molecule is CCN(CCNC(=NC)NC1CCCCC1)C1CC1. The monoisotopic (exact) mass is 266 g/mol. The number of aliphatic imine (C=N–C) groups is 1. The van der Waals surface area contributed by atoms with Crippen molar-refractivity contribution in [3.05, 3.63) is 0 Å². The van der Waals surface area contributed by atoms with Crippen LogP contribution in [0.2, 0.25) is 0 Å². The van der Waals surface area contributed by atoms with E-state index in [1.807, 2.05) is 7.05 Å². The molecule has 0 atom stereocenters. The summed E-state index contributed by atoms with van der Waals surface area (Å²) in [5, 5.41) is 7.02. The van der Waals surface area contributed by atoms with E-state index >= 15 is 0 Å². The van der Waals surface area contributed by atoms with E-state index in [1.165, 1.54) is 51.5 Å². The van der Waals surface area contributed by atoms with Gasteiger partial charge in [-0.1, -0.05) is 26.2 Å². The van der Waals surface area contributed by atoms with Gasteiger partial charge in [0.1, 0.15) is 0 Å². The fourth-order valence-electron chi connectivity index (χ4n) is 2.99. The Morgan fingerprint density at radius 1 is 1.16 bits per heavy atom. The summed E-state index contributed by atoms with van der Waals surface area (Å²) < 4.78 is 0. The Kier molecular flexibility index (Phi) is 5.95. The molecule has 0 amide bonds. The summed E-state index contributed by atoms with van der Waals surface area (Å²) in [5.74, 6) is 0.985. The summed E-state index contributed by atoms with van der Waals surface area (Å²) in [4.78, 5) is 6.91. The Morgan fingerprint density at radius 3 is 2.47 bits per heavy atom. The Labute approximate surface area is 118 Å². The first-order valence-corrected chi connectivity index (χ1v) is 8.04. The second-order valence-corrected chi connectivity index (χ2v) is 5.84. The first-order chi connectivity index (χ1) is 9.33. The third-order valence-corrected chi connectivity index (χ3v) is 4.33. The molecule has 2 N–H and O–H groups in total. The van der Waals surface area contributed by atoms with Crippen molar-refractivity contribution in [1.29, 1.82) is 0 Å². The number of rotatable bonds is 6. The average molecular weight is 266 g/mol. The van der Waals surface area contributed by atoms with Crippen LogP contribution in [0.1, 0.15) is 51.9 Å². The highest BCUT2D eigenvalue weighted by Crippen LogP contribution is 2.25. The van der Waals surface area contributed by atoms with E-state index in [0.29, 0.717) is 6.04 Å². The van der Waals surface area contributed by atoms with Crippen molar-refractivity contribution < 1.29 is 0 Å². The number of guanidine groups is 1. The average Bonchev–Trinajstić information content (AvgIpc) is 3.28.